The Labute approximate surface area is 68.7 Å². The van der Waals surface area contributed by atoms with E-state index in [1.165, 1.54) is 7.05 Å². The van der Waals surface area contributed by atoms with Crippen molar-refractivity contribution >= 4 is 22.6 Å². The van der Waals surface area contributed by atoms with Crippen LogP contribution in [0.15, 0.2) is 22.0 Å². The van der Waals surface area contributed by atoms with Crippen molar-refractivity contribution in [3.8, 4) is 0 Å². The molecule has 1 aliphatic heterocycles. The standard InChI is InChI=1S/C6H7ClFN3/c1-9-6-4(8)2-10-5(7)3-11-6/h2H,3H2,1H3,(H,9,11). The molecule has 1 aliphatic rings. The topological polar surface area (TPSA) is 36.8 Å². The van der Waals surface area contributed by atoms with Crippen molar-refractivity contribution in [1.82, 2.24) is 5.32 Å². The zero-order valence-electron chi connectivity index (χ0n) is 5.93. The van der Waals surface area contributed by atoms with Crippen molar-refractivity contribution in [1.29, 1.82) is 0 Å². The first-order valence-corrected chi connectivity index (χ1v) is 3.40. The average molecular weight is 176 g/mol. The molecular formula is C6H7ClFN3. The Morgan fingerprint density at radius 2 is 2.55 bits per heavy atom. The summed E-state index contributed by atoms with van der Waals surface area (Å²) in [6.07, 6.45) is 1.05. The molecule has 5 heteroatoms. The van der Waals surface area contributed by atoms with Crippen LogP contribution in [0.4, 0.5) is 4.39 Å². The van der Waals surface area contributed by atoms with Crippen LogP contribution in [0.5, 0.6) is 0 Å². The van der Waals surface area contributed by atoms with Gasteiger partial charge in [-0.05, 0) is 0 Å². The Balaban J connectivity index is 2.84. The molecule has 0 amide bonds. The second kappa shape index (κ2) is 3.48. The Kier molecular flexibility index (Phi) is 2.59. The summed E-state index contributed by atoms with van der Waals surface area (Å²) >= 11 is 5.53. The summed E-state index contributed by atoms with van der Waals surface area (Å²) in [5.74, 6) is -0.312. The van der Waals surface area contributed by atoms with Gasteiger partial charge < -0.3 is 5.32 Å². The van der Waals surface area contributed by atoms with Crippen LogP contribution in [0.3, 0.4) is 0 Å². The monoisotopic (exact) mass is 175 g/mol. The summed E-state index contributed by atoms with van der Waals surface area (Å²) in [6, 6.07) is 0. The molecule has 3 nitrogen and oxygen atoms in total. The van der Waals surface area contributed by atoms with E-state index in [9.17, 15) is 4.39 Å². The highest BCUT2D eigenvalue weighted by molar-refractivity contribution is 6.66. The molecule has 0 atom stereocenters. The van der Waals surface area contributed by atoms with E-state index in [0.29, 0.717) is 11.7 Å². The maximum absolute atomic E-state index is 12.8. The van der Waals surface area contributed by atoms with Gasteiger partial charge in [-0.2, -0.15) is 0 Å². The zero-order valence-corrected chi connectivity index (χ0v) is 6.69. The highest BCUT2D eigenvalue weighted by atomic mass is 35.5. The van der Waals surface area contributed by atoms with E-state index in [1.807, 2.05) is 0 Å². The smallest absolute Gasteiger partial charge is 0.183 e. The number of nitrogens with one attached hydrogen (secondary N) is 1. The maximum Gasteiger partial charge on any atom is 0.183 e. The van der Waals surface area contributed by atoms with Crippen LogP contribution in [0.1, 0.15) is 0 Å². The molecule has 1 heterocycles. The van der Waals surface area contributed by atoms with E-state index < -0.39 is 5.83 Å². The van der Waals surface area contributed by atoms with Gasteiger partial charge in [0.2, 0.25) is 0 Å². The number of amidine groups is 1. The molecule has 0 spiro atoms. The van der Waals surface area contributed by atoms with Gasteiger partial charge in [0.15, 0.2) is 11.7 Å². The lowest BCUT2D eigenvalue weighted by atomic mass is 10.5. The molecule has 0 aliphatic carbocycles. The Bertz CT molecular complexity index is 244. The number of hydrogen-bond acceptors (Lipinski definition) is 2. The van der Waals surface area contributed by atoms with Gasteiger partial charge in [0, 0.05) is 7.05 Å². The predicted octanol–water partition coefficient (Wildman–Crippen LogP) is 1.07. The number of nitrogens with zero attached hydrogens (tertiary/aromatic N) is 2. The maximum atomic E-state index is 12.8. The third-order valence-corrected chi connectivity index (χ3v) is 1.40. The summed E-state index contributed by atoms with van der Waals surface area (Å²) in [7, 11) is 1.50. The minimum absolute atomic E-state index is 0.185. The van der Waals surface area contributed by atoms with Crippen LogP contribution in [0, 0.1) is 0 Å². The van der Waals surface area contributed by atoms with Gasteiger partial charge >= 0.3 is 0 Å². The number of aliphatic imine (C=N–C) groups is 2. The van der Waals surface area contributed by atoms with E-state index in [2.05, 4.69) is 15.3 Å². The van der Waals surface area contributed by atoms with Crippen LogP contribution in [0.25, 0.3) is 0 Å². The van der Waals surface area contributed by atoms with Gasteiger partial charge in [-0.3, -0.25) is 4.99 Å². The first-order valence-electron chi connectivity index (χ1n) is 3.03. The molecule has 0 saturated carbocycles. The zero-order chi connectivity index (χ0) is 8.27. The fourth-order valence-electron chi connectivity index (χ4n) is 0.660. The third kappa shape index (κ3) is 2.01. The molecule has 11 heavy (non-hydrogen) atoms. The fourth-order valence-corrected chi connectivity index (χ4v) is 0.776. The number of hydrogen-bond donors (Lipinski definition) is 1. The largest absolute Gasteiger partial charge is 0.361 e. The predicted molar refractivity (Wildman–Crippen MR) is 43.8 cm³/mol. The van der Waals surface area contributed by atoms with E-state index in [-0.39, 0.29) is 5.84 Å². The highest BCUT2D eigenvalue weighted by Crippen LogP contribution is 2.03. The van der Waals surface area contributed by atoms with Crippen molar-refractivity contribution in [2.45, 2.75) is 0 Å². The van der Waals surface area contributed by atoms with E-state index in [4.69, 9.17) is 11.6 Å². The van der Waals surface area contributed by atoms with E-state index in [0.717, 1.165) is 6.20 Å². The molecule has 0 aromatic rings. The molecule has 0 unspecified atom stereocenters. The number of rotatable bonds is 0. The van der Waals surface area contributed by atoms with Gasteiger partial charge in [-0.25, -0.2) is 9.38 Å². The molecule has 0 fully saturated rings. The van der Waals surface area contributed by atoms with E-state index in [1.54, 1.807) is 0 Å². The van der Waals surface area contributed by atoms with Gasteiger partial charge in [0.1, 0.15) is 5.17 Å². The first-order chi connectivity index (χ1) is 5.24. The lowest BCUT2D eigenvalue weighted by molar-refractivity contribution is 0.671. The van der Waals surface area contributed by atoms with Crippen molar-refractivity contribution in [3.63, 3.8) is 0 Å². The minimum atomic E-state index is -0.497. The molecule has 60 valence electrons. The van der Waals surface area contributed by atoms with Crippen LogP contribution in [0.2, 0.25) is 0 Å². The molecule has 0 radical (unpaired) electrons. The third-order valence-electron chi connectivity index (χ3n) is 1.17. The Morgan fingerprint density at radius 3 is 3.18 bits per heavy atom. The van der Waals surface area contributed by atoms with Crippen LogP contribution in [-0.2, 0) is 0 Å². The van der Waals surface area contributed by atoms with Crippen molar-refractivity contribution in [2.24, 2.45) is 9.98 Å². The van der Waals surface area contributed by atoms with Gasteiger partial charge in [0.25, 0.3) is 0 Å². The second-order valence-corrected chi connectivity index (χ2v) is 2.34. The minimum Gasteiger partial charge on any atom is -0.361 e. The summed E-state index contributed by atoms with van der Waals surface area (Å²) in [6.45, 7) is 0.318. The van der Waals surface area contributed by atoms with Crippen LogP contribution in [-0.4, -0.2) is 24.6 Å². The molecule has 0 saturated heterocycles. The van der Waals surface area contributed by atoms with E-state index >= 15 is 0 Å². The van der Waals surface area contributed by atoms with Crippen molar-refractivity contribution < 1.29 is 4.39 Å². The average Bonchev–Trinajstić information content (AvgIpc) is 2.15. The molecule has 1 rings (SSSR count). The summed E-state index contributed by atoms with van der Waals surface area (Å²) in [4.78, 5) is 7.26. The van der Waals surface area contributed by atoms with Crippen molar-refractivity contribution in [3.05, 3.63) is 12.0 Å². The van der Waals surface area contributed by atoms with Gasteiger partial charge in [-0.1, -0.05) is 11.6 Å². The first kappa shape index (κ1) is 8.20. The molecular weight excluding hydrogens is 169 g/mol. The van der Waals surface area contributed by atoms with Gasteiger partial charge in [-0.15, -0.1) is 0 Å². The molecule has 1 N–H and O–H groups in total. The fraction of sp³-hybridized carbons (Fsp3) is 0.333. The molecule has 0 aromatic carbocycles. The summed E-state index contributed by atoms with van der Waals surface area (Å²) in [5.41, 5.74) is 0. The normalized spacial score (nSPS) is 21.9. The van der Waals surface area contributed by atoms with Crippen LogP contribution < -0.4 is 5.32 Å². The molecule has 0 bridgehead atoms. The lowest BCUT2D eigenvalue weighted by Crippen LogP contribution is -2.26. The number of halogens is 2. The SMILES string of the molecule is CN=C1NCC(Cl)=NC=C1F. The summed E-state index contributed by atoms with van der Waals surface area (Å²) < 4.78 is 12.8. The second-order valence-electron chi connectivity index (χ2n) is 1.91. The Morgan fingerprint density at radius 1 is 1.82 bits per heavy atom. The van der Waals surface area contributed by atoms with Crippen LogP contribution >= 0.6 is 11.6 Å². The van der Waals surface area contributed by atoms with Crippen molar-refractivity contribution in [2.75, 3.05) is 13.6 Å². The molecule has 0 aromatic heterocycles. The highest BCUT2D eigenvalue weighted by Gasteiger charge is 2.08. The lowest BCUT2D eigenvalue weighted by Gasteiger charge is -2.01. The Hall–Kier alpha value is -0.900. The summed E-state index contributed by atoms with van der Waals surface area (Å²) in [5, 5.41) is 2.99. The quantitative estimate of drug-likeness (QED) is 0.588. The van der Waals surface area contributed by atoms with Gasteiger partial charge in [0.05, 0.1) is 12.7 Å².